The molecule has 0 spiro atoms. The van der Waals surface area contributed by atoms with Crippen molar-refractivity contribution in [1.82, 2.24) is 0 Å². The Morgan fingerprint density at radius 2 is 1.72 bits per heavy atom. The fraction of sp³-hybridized carbons (Fsp3) is 0.571. The number of benzene rings is 1. The van der Waals surface area contributed by atoms with Gasteiger partial charge < -0.3 is 0 Å². The third kappa shape index (κ3) is 4.42. The van der Waals surface area contributed by atoms with Crippen LogP contribution in [-0.2, 0) is 20.7 Å². The SMILES string of the molecule is CCCCOS(=O)(=O)c1ccccc1CCCC. The molecule has 0 N–H and O–H groups in total. The van der Waals surface area contributed by atoms with E-state index in [-0.39, 0.29) is 6.61 Å². The van der Waals surface area contributed by atoms with E-state index in [2.05, 4.69) is 6.92 Å². The summed E-state index contributed by atoms with van der Waals surface area (Å²) in [7, 11) is -3.59. The maximum absolute atomic E-state index is 12.1. The molecule has 0 saturated carbocycles. The Hall–Kier alpha value is -0.870. The standard InChI is InChI=1S/C14H22O3S/c1-3-5-9-13-10-7-8-11-14(13)18(15,16)17-12-6-4-2/h7-8,10-11H,3-6,9,12H2,1-2H3. The zero-order valence-electron chi connectivity index (χ0n) is 11.2. The minimum absolute atomic E-state index is 0.265. The first-order chi connectivity index (χ1) is 8.61. The van der Waals surface area contributed by atoms with Gasteiger partial charge in [-0.15, -0.1) is 0 Å². The second-order valence-corrected chi connectivity index (χ2v) is 5.92. The summed E-state index contributed by atoms with van der Waals surface area (Å²) in [5.74, 6) is 0. The lowest BCUT2D eigenvalue weighted by Gasteiger charge is -2.10. The lowest BCUT2D eigenvalue weighted by Crippen LogP contribution is -2.10. The van der Waals surface area contributed by atoms with Gasteiger partial charge in [-0.2, -0.15) is 8.42 Å². The van der Waals surface area contributed by atoms with Crippen molar-refractivity contribution in [3.8, 4) is 0 Å². The second kappa shape index (κ2) is 7.54. The van der Waals surface area contributed by atoms with E-state index in [4.69, 9.17) is 4.18 Å². The van der Waals surface area contributed by atoms with Crippen LogP contribution in [0.15, 0.2) is 29.2 Å². The van der Waals surface area contributed by atoms with Crippen molar-refractivity contribution in [2.45, 2.75) is 50.8 Å². The van der Waals surface area contributed by atoms with Crippen LogP contribution < -0.4 is 0 Å². The van der Waals surface area contributed by atoms with Gasteiger partial charge in [0.05, 0.1) is 11.5 Å². The van der Waals surface area contributed by atoms with Crippen LogP contribution in [-0.4, -0.2) is 15.0 Å². The van der Waals surface area contributed by atoms with E-state index < -0.39 is 10.1 Å². The molecule has 0 atom stereocenters. The molecule has 3 nitrogen and oxygen atoms in total. The molecule has 102 valence electrons. The van der Waals surface area contributed by atoms with Gasteiger partial charge in [-0.1, -0.05) is 44.9 Å². The van der Waals surface area contributed by atoms with Gasteiger partial charge in [0.25, 0.3) is 10.1 Å². The first-order valence-electron chi connectivity index (χ1n) is 6.59. The Morgan fingerprint density at radius 3 is 2.39 bits per heavy atom. The predicted octanol–water partition coefficient (Wildman–Crippen LogP) is 3.53. The van der Waals surface area contributed by atoms with Crippen LogP contribution in [0.2, 0.25) is 0 Å². The Kier molecular flexibility index (Phi) is 6.36. The van der Waals surface area contributed by atoms with Crippen LogP contribution in [0, 0.1) is 0 Å². The van der Waals surface area contributed by atoms with Crippen molar-refractivity contribution in [2.75, 3.05) is 6.61 Å². The summed E-state index contributed by atoms with van der Waals surface area (Å²) >= 11 is 0. The predicted molar refractivity (Wildman–Crippen MR) is 73.1 cm³/mol. The van der Waals surface area contributed by atoms with Gasteiger partial charge in [0, 0.05) is 0 Å². The molecule has 0 fully saturated rings. The number of hydrogen-bond acceptors (Lipinski definition) is 3. The lowest BCUT2D eigenvalue weighted by atomic mass is 10.1. The van der Waals surface area contributed by atoms with E-state index in [0.29, 0.717) is 4.90 Å². The molecular weight excluding hydrogens is 248 g/mol. The maximum atomic E-state index is 12.1. The molecule has 0 heterocycles. The van der Waals surface area contributed by atoms with Gasteiger partial charge in [-0.25, -0.2) is 0 Å². The van der Waals surface area contributed by atoms with E-state index >= 15 is 0 Å². The molecule has 1 aromatic carbocycles. The number of unbranched alkanes of at least 4 members (excludes halogenated alkanes) is 2. The highest BCUT2D eigenvalue weighted by Gasteiger charge is 2.18. The van der Waals surface area contributed by atoms with E-state index in [9.17, 15) is 8.42 Å². The molecule has 0 aromatic heterocycles. The summed E-state index contributed by atoms with van der Waals surface area (Å²) < 4.78 is 29.2. The van der Waals surface area contributed by atoms with Crippen molar-refractivity contribution in [3.05, 3.63) is 29.8 Å². The number of aryl methyl sites for hydroxylation is 1. The highest BCUT2D eigenvalue weighted by molar-refractivity contribution is 7.86. The molecular formula is C14H22O3S. The molecule has 0 aliphatic rings. The van der Waals surface area contributed by atoms with E-state index in [0.717, 1.165) is 37.7 Å². The minimum Gasteiger partial charge on any atom is -0.266 e. The number of rotatable bonds is 8. The van der Waals surface area contributed by atoms with Crippen LogP contribution in [0.3, 0.4) is 0 Å². The molecule has 18 heavy (non-hydrogen) atoms. The summed E-state index contributed by atoms with van der Waals surface area (Å²) in [6, 6.07) is 7.11. The maximum Gasteiger partial charge on any atom is 0.297 e. The second-order valence-electron chi connectivity index (χ2n) is 4.34. The van der Waals surface area contributed by atoms with Crippen molar-refractivity contribution in [2.24, 2.45) is 0 Å². The fourth-order valence-corrected chi connectivity index (χ4v) is 2.90. The monoisotopic (exact) mass is 270 g/mol. The fourth-order valence-electron chi connectivity index (χ4n) is 1.70. The Balaban J connectivity index is 2.86. The lowest BCUT2D eigenvalue weighted by molar-refractivity contribution is 0.310. The van der Waals surface area contributed by atoms with Gasteiger partial charge in [0.1, 0.15) is 0 Å². The van der Waals surface area contributed by atoms with E-state index in [1.54, 1.807) is 12.1 Å². The summed E-state index contributed by atoms with van der Waals surface area (Å²) in [5.41, 5.74) is 0.857. The zero-order chi connectivity index (χ0) is 13.4. The Labute approximate surface area is 110 Å². The van der Waals surface area contributed by atoms with Crippen LogP contribution >= 0.6 is 0 Å². The summed E-state index contributed by atoms with van der Waals surface area (Å²) in [6.07, 6.45) is 4.50. The Morgan fingerprint density at radius 1 is 1.06 bits per heavy atom. The largest absolute Gasteiger partial charge is 0.297 e. The third-order valence-corrected chi connectivity index (χ3v) is 4.19. The van der Waals surface area contributed by atoms with E-state index in [1.165, 1.54) is 0 Å². The molecule has 0 bridgehead atoms. The average Bonchev–Trinajstić information content (AvgIpc) is 2.37. The molecule has 0 saturated heterocycles. The first kappa shape index (κ1) is 15.2. The summed E-state index contributed by atoms with van der Waals surface area (Å²) in [6.45, 7) is 4.36. The van der Waals surface area contributed by atoms with Gasteiger partial charge in [0.2, 0.25) is 0 Å². The van der Waals surface area contributed by atoms with Crippen molar-refractivity contribution >= 4 is 10.1 Å². The van der Waals surface area contributed by atoms with Gasteiger partial charge in [0.15, 0.2) is 0 Å². The highest BCUT2D eigenvalue weighted by atomic mass is 32.2. The summed E-state index contributed by atoms with van der Waals surface area (Å²) in [4.78, 5) is 0.328. The topological polar surface area (TPSA) is 43.4 Å². The van der Waals surface area contributed by atoms with Gasteiger partial charge >= 0.3 is 0 Å². The van der Waals surface area contributed by atoms with Crippen LogP contribution in [0.25, 0.3) is 0 Å². The van der Waals surface area contributed by atoms with Crippen LogP contribution in [0.5, 0.6) is 0 Å². The molecule has 4 heteroatoms. The van der Waals surface area contributed by atoms with Crippen molar-refractivity contribution < 1.29 is 12.6 Å². The van der Waals surface area contributed by atoms with Crippen LogP contribution in [0.4, 0.5) is 0 Å². The van der Waals surface area contributed by atoms with Gasteiger partial charge in [-0.3, -0.25) is 4.18 Å². The zero-order valence-corrected chi connectivity index (χ0v) is 12.0. The first-order valence-corrected chi connectivity index (χ1v) is 8.00. The minimum atomic E-state index is -3.59. The molecule has 1 aromatic rings. The molecule has 0 unspecified atom stereocenters. The van der Waals surface area contributed by atoms with E-state index in [1.807, 2.05) is 19.1 Å². The average molecular weight is 270 g/mol. The van der Waals surface area contributed by atoms with Crippen LogP contribution in [0.1, 0.15) is 45.1 Å². The smallest absolute Gasteiger partial charge is 0.266 e. The molecule has 0 radical (unpaired) electrons. The molecule has 0 aliphatic carbocycles. The summed E-state index contributed by atoms with van der Waals surface area (Å²) in [5, 5.41) is 0. The van der Waals surface area contributed by atoms with Crippen molar-refractivity contribution in [3.63, 3.8) is 0 Å². The molecule has 1 rings (SSSR count). The Bertz CT molecular complexity index is 452. The normalized spacial score (nSPS) is 11.7. The van der Waals surface area contributed by atoms with Crippen molar-refractivity contribution in [1.29, 1.82) is 0 Å². The number of hydrogen-bond donors (Lipinski definition) is 0. The molecule has 0 aliphatic heterocycles. The molecule has 0 amide bonds. The quantitative estimate of drug-likeness (QED) is 0.536. The van der Waals surface area contributed by atoms with Gasteiger partial charge in [-0.05, 0) is 30.9 Å². The third-order valence-electron chi connectivity index (χ3n) is 2.78. The highest BCUT2D eigenvalue weighted by Crippen LogP contribution is 2.20.